The molecule has 0 radical (unpaired) electrons. The summed E-state index contributed by atoms with van der Waals surface area (Å²) in [7, 11) is 1.72. The lowest BCUT2D eigenvalue weighted by Gasteiger charge is -2.22. The summed E-state index contributed by atoms with van der Waals surface area (Å²) in [5.74, 6) is 1.01. The molecule has 2 N–H and O–H groups in total. The van der Waals surface area contributed by atoms with E-state index in [2.05, 4.69) is 30.9 Å². The molecule has 0 spiro atoms. The lowest BCUT2D eigenvalue weighted by molar-refractivity contribution is 0.205. The molecule has 0 fully saturated rings. The first-order chi connectivity index (χ1) is 8.74. The maximum Gasteiger partial charge on any atom is 0.129 e. The predicted octanol–water partition coefficient (Wildman–Crippen LogP) is 1.97. The Morgan fingerprint density at radius 1 is 1.33 bits per heavy atom. The first-order valence-electron chi connectivity index (χ1n) is 6.68. The van der Waals surface area contributed by atoms with Gasteiger partial charge in [-0.1, -0.05) is 13.3 Å². The topological polar surface area (TPSA) is 51.4 Å². The summed E-state index contributed by atoms with van der Waals surface area (Å²) in [6, 6.07) is 4.19. The Bertz CT molecular complexity index is 355. The highest BCUT2D eigenvalue weighted by Gasteiger charge is 2.08. The van der Waals surface area contributed by atoms with E-state index >= 15 is 0 Å². The minimum Gasteiger partial charge on any atom is -0.383 e. The normalized spacial score (nSPS) is 10.7. The molecule has 0 saturated carbocycles. The minimum atomic E-state index is 0.564. The van der Waals surface area contributed by atoms with Crippen molar-refractivity contribution in [1.82, 2.24) is 4.98 Å². The van der Waals surface area contributed by atoms with E-state index in [1.807, 2.05) is 0 Å². The number of hydrogen-bond donors (Lipinski definition) is 1. The SMILES string of the molecule is CCCc1cc(CN)cc(N(CC)CCOC)n1. The average Bonchev–Trinajstić information content (AvgIpc) is 2.39. The highest BCUT2D eigenvalue weighted by molar-refractivity contribution is 5.42. The molecule has 0 aliphatic rings. The second kappa shape index (κ2) is 8.06. The molecular weight excluding hydrogens is 226 g/mol. The molecule has 0 saturated heterocycles. The number of rotatable bonds is 8. The lowest BCUT2D eigenvalue weighted by atomic mass is 10.1. The molecule has 0 aliphatic carbocycles. The van der Waals surface area contributed by atoms with Crippen molar-refractivity contribution in [2.24, 2.45) is 5.73 Å². The molecule has 4 nitrogen and oxygen atoms in total. The summed E-state index contributed by atoms with van der Waals surface area (Å²) >= 11 is 0. The molecular formula is C14H25N3O. The van der Waals surface area contributed by atoms with Crippen LogP contribution in [0, 0.1) is 0 Å². The highest BCUT2D eigenvalue weighted by Crippen LogP contribution is 2.16. The van der Waals surface area contributed by atoms with Gasteiger partial charge in [0.2, 0.25) is 0 Å². The fraction of sp³-hybridized carbons (Fsp3) is 0.643. The Morgan fingerprint density at radius 2 is 2.11 bits per heavy atom. The van der Waals surface area contributed by atoms with E-state index in [0.717, 1.165) is 43.0 Å². The molecule has 0 atom stereocenters. The zero-order valence-electron chi connectivity index (χ0n) is 11.8. The summed E-state index contributed by atoms with van der Waals surface area (Å²) in [6.07, 6.45) is 2.10. The van der Waals surface area contributed by atoms with Gasteiger partial charge < -0.3 is 15.4 Å². The molecule has 18 heavy (non-hydrogen) atoms. The fourth-order valence-electron chi connectivity index (χ4n) is 1.93. The number of aryl methyl sites for hydroxylation is 1. The van der Waals surface area contributed by atoms with E-state index in [1.165, 1.54) is 0 Å². The monoisotopic (exact) mass is 251 g/mol. The number of pyridine rings is 1. The molecule has 102 valence electrons. The molecule has 0 unspecified atom stereocenters. The lowest BCUT2D eigenvalue weighted by Crippen LogP contribution is -2.28. The number of aromatic nitrogens is 1. The van der Waals surface area contributed by atoms with Crippen LogP contribution in [0.3, 0.4) is 0 Å². The van der Waals surface area contributed by atoms with Crippen molar-refractivity contribution < 1.29 is 4.74 Å². The Kier molecular flexibility index (Phi) is 6.68. The Labute approximate surface area is 110 Å². The average molecular weight is 251 g/mol. The largest absolute Gasteiger partial charge is 0.383 e. The molecule has 1 aromatic heterocycles. The maximum atomic E-state index is 5.75. The van der Waals surface area contributed by atoms with Crippen LogP contribution in [0.15, 0.2) is 12.1 Å². The van der Waals surface area contributed by atoms with E-state index in [4.69, 9.17) is 15.5 Å². The zero-order valence-corrected chi connectivity index (χ0v) is 11.8. The smallest absolute Gasteiger partial charge is 0.129 e. The zero-order chi connectivity index (χ0) is 13.4. The summed E-state index contributed by atoms with van der Waals surface area (Å²) in [6.45, 7) is 7.36. The molecule has 1 rings (SSSR count). The third kappa shape index (κ3) is 4.27. The summed E-state index contributed by atoms with van der Waals surface area (Å²) in [4.78, 5) is 6.93. The number of anilines is 1. The van der Waals surface area contributed by atoms with Crippen LogP contribution in [0.1, 0.15) is 31.5 Å². The quantitative estimate of drug-likeness (QED) is 0.767. The van der Waals surface area contributed by atoms with E-state index in [1.54, 1.807) is 7.11 Å². The van der Waals surface area contributed by atoms with Crippen LogP contribution in [-0.4, -0.2) is 31.8 Å². The molecule has 4 heteroatoms. The van der Waals surface area contributed by atoms with Gasteiger partial charge in [-0.25, -0.2) is 4.98 Å². The van der Waals surface area contributed by atoms with Crippen molar-refractivity contribution in [3.05, 3.63) is 23.4 Å². The number of methoxy groups -OCH3 is 1. The van der Waals surface area contributed by atoms with Gasteiger partial charge in [0.1, 0.15) is 5.82 Å². The van der Waals surface area contributed by atoms with Crippen LogP contribution in [0.5, 0.6) is 0 Å². The second-order valence-corrected chi connectivity index (χ2v) is 4.35. The van der Waals surface area contributed by atoms with E-state index < -0.39 is 0 Å². The Balaban J connectivity index is 2.93. The number of likely N-dealkylation sites (N-methyl/N-ethyl adjacent to an activating group) is 1. The third-order valence-corrected chi connectivity index (χ3v) is 2.94. The second-order valence-electron chi connectivity index (χ2n) is 4.35. The van der Waals surface area contributed by atoms with E-state index in [9.17, 15) is 0 Å². The van der Waals surface area contributed by atoms with Gasteiger partial charge in [0.25, 0.3) is 0 Å². The van der Waals surface area contributed by atoms with Gasteiger partial charge in [-0.2, -0.15) is 0 Å². The van der Waals surface area contributed by atoms with Crippen molar-refractivity contribution in [2.75, 3.05) is 31.7 Å². The van der Waals surface area contributed by atoms with Gasteiger partial charge >= 0.3 is 0 Å². The summed E-state index contributed by atoms with van der Waals surface area (Å²) in [5, 5.41) is 0. The fourth-order valence-corrected chi connectivity index (χ4v) is 1.93. The first kappa shape index (κ1) is 14.9. The Hall–Kier alpha value is -1.13. The molecule has 0 bridgehead atoms. The molecule has 1 aromatic rings. The number of ether oxygens (including phenoxy) is 1. The summed E-state index contributed by atoms with van der Waals surface area (Å²) in [5.41, 5.74) is 8.04. The number of nitrogens with zero attached hydrogens (tertiary/aromatic N) is 2. The molecule has 0 aromatic carbocycles. The van der Waals surface area contributed by atoms with E-state index in [-0.39, 0.29) is 0 Å². The van der Waals surface area contributed by atoms with Crippen LogP contribution in [-0.2, 0) is 17.7 Å². The number of hydrogen-bond acceptors (Lipinski definition) is 4. The van der Waals surface area contributed by atoms with Crippen LogP contribution in [0.2, 0.25) is 0 Å². The van der Waals surface area contributed by atoms with Crippen molar-refractivity contribution >= 4 is 5.82 Å². The van der Waals surface area contributed by atoms with Gasteiger partial charge in [-0.05, 0) is 31.0 Å². The van der Waals surface area contributed by atoms with E-state index in [0.29, 0.717) is 13.2 Å². The minimum absolute atomic E-state index is 0.564. The van der Waals surface area contributed by atoms with Gasteiger partial charge in [-0.3, -0.25) is 0 Å². The third-order valence-electron chi connectivity index (χ3n) is 2.94. The highest BCUT2D eigenvalue weighted by atomic mass is 16.5. The van der Waals surface area contributed by atoms with Crippen molar-refractivity contribution in [2.45, 2.75) is 33.2 Å². The predicted molar refractivity (Wildman–Crippen MR) is 75.9 cm³/mol. The van der Waals surface area contributed by atoms with Crippen molar-refractivity contribution in [3.63, 3.8) is 0 Å². The Morgan fingerprint density at radius 3 is 2.67 bits per heavy atom. The molecule has 0 amide bonds. The van der Waals surface area contributed by atoms with Gasteiger partial charge in [0.05, 0.1) is 6.61 Å². The molecule has 0 aliphatic heterocycles. The van der Waals surface area contributed by atoms with Gasteiger partial charge in [-0.15, -0.1) is 0 Å². The standard InChI is InChI=1S/C14H25N3O/c1-4-6-13-9-12(11-15)10-14(16-13)17(5-2)7-8-18-3/h9-10H,4-8,11,15H2,1-3H3. The van der Waals surface area contributed by atoms with Crippen LogP contribution in [0.4, 0.5) is 5.82 Å². The van der Waals surface area contributed by atoms with Crippen LogP contribution in [0.25, 0.3) is 0 Å². The first-order valence-corrected chi connectivity index (χ1v) is 6.68. The van der Waals surface area contributed by atoms with Crippen molar-refractivity contribution in [3.8, 4) is 0 Å². The van der Waals surface area contributed by atoms with Crippen LogP contribution < -0.4 is 10.6 Å². The van der Waals surface area contributed by atoms with Gasteiger partial charge in [0, 0.05) is 32.4 Å². The molecule has 1 heterocycles. The van der Waals surface area contributed by atoms with Crippen molar-refractivity contribution in [1.29, 1.82) is 0 Å². The van der Waals surface area contributed by atoms with Crippen LogP contribution >= 0.6 is 0 Å². The maximum absolute atomic E-state index is 5.75. The summed E-state index contributed by atoms with van der Waals surface area (Å²) < 4.78 is 5.14. The number of nitrogens with two attached hydrogens (primary N) is 1. The van der Waals surface area contributed by atoms with Gasteiger partial charge in [0.15, 0.2) is 0 Å².